The van der Waals surface area contributed by atoms with Crippen molar-refractivity contribution in [3.8, 4) is 0 Å². The Morgan fingerprint density at radius 1 is 1.25 bits per heavy atom. The fraction of sp³-hybridized carbons (Fsp3) is 0.133. The Labute approximate surface area is 116 Å². The normalized spacial score (nSPS) is 11.9. The van der Waals surface area contributed by atoms with Gasteiger partial charge in [-0.25, -0.2) is 4.39 Å². The van der Waals surface area contributed by atoms with E-state index in [2.05, 4.69) is 5.32 Å². The summed E-state index contributed by atoms with van der Waals surface area (Å²) in [7, 11) is 0. The summed E-state index contributed by atoms with van der Waals surface area (Å²) in [5.74, 6) is -0.870. The minimum Gasteiger partial charge on any atom is -0.399 e. The third-order valence-corrected chi connectivity index (χ3v) is 3.05. The number of benzene rings is 2. The Balaban J connectivity index is 2.32. The predicted molar refractivity (Wildman–Crippen MR) is 77.8 cm³/mol. The van der Waals surface area contributed by atoms with E-state index in [0.29, 0.717) is 22.5 Å². The fourth-order valence-electron chi connectivity index (χ4n) is 2.03. The van der Waals surface area contributed by atoms with E-state index in [1.54, 1.807) is 43.3 Å². The molecule has 20 heavy (non-hydrogen) atoms. The maximum Gasteiger partial charge on any atom is 0.250 e. The van der Waals surface area contributed by atoms with Gasteiger partial charge < -0.3 is 16.8 Å². The minimum atomic E-state index is -0.562. The van der Waals surface area contributed by atoms with Crippen LogP contribution in [0, 0.1) is 5.82 Å². The number of primary amides is 1. The number of hydrogen-bond acceptors (Lipinski definition) is 3. The van der Waals surface area contributed by atoms with Crippen LogP contribution in [0.5, 0.6) is 0 Å². The lowest BCUT2D eigenvalue weighted by molar-refractivity contribution is 0.100. The highest BCUT2D eigenvalue weighted by molar-refractivity contribution is 5.99. The molecule has 0 spiro atoms. The number of amides is 1. The molecule has 0 aliphatic rings. The van der Waals surface area contributed by atoms with Gasteiger partial charge in [0.15, 0.2) is 0 Å². The van der Waals surface area contributed by atoms with Crippen LogP contribution < -0.4 is 16.8 Å². The monoisotopic (exact) mass is 273 g/mol. The van der Waals surface area contributed by atoms with Gasteiger partial charge in [0.2, 0.25) is 0 Å². The van der Waals surface area contributed by atoms with Gasteiger partial charge in [0.25, 0.3) is 5.91 Å². The summed E-state index contributed by atoms with van der Waals surface area (Å²) in [6.07, 6.45) is 0. The van der Waals surface area contributed by atoms with Crippen LogP contribution in [0.1, 0.15) is 28.9 Å². The first-order chi connectivity index (χ1) is 9.49. The van der Waals surface area contributed by atoms with Gasteiger partial charge in [0, 0.05) is 16.9 Å². The largest absolute Gasteiger partial charge is 0.399 e. The first-order valence-electron chi connectivity index (χ1n) is 6.19. The second kappa shape index (κ2) is 5.61. The van der Waals surface area contributed by atoms with Gasteiger partial charge >= 0.3 is 0 Å². The molecular weight excluding hydrogens is 257 g/mol. The van der Waals surface area contributed by atoms with E-state index < -0.39 is 5.91 Å². The first kappa shape index (κ1) is 13.9. The standard InChI is InChI=1S/C15H16FN3O/c1-9(11-4-2-3-5-13(11)16)19-14-8-10(17)6-7-12(14)15(18)20/h2-9,19H,17H2,1H3,(H2,18,20). The van der Waals surface area contributed by atoms with E-state index in [1.165, 1.54) is 6.07 Å². The highest BCUT2D eigenvalue weighted by Crippen LogP contribution is 2.25. The summed E-state index contributed by atoms with van der Waals surface area (Å²) < 4.78 is 13.7. The molecule has 0 aliphatic carbocycles. The van der Waals surface area contributed by atoms with E-state index >= 15 is 0 Å². The van der Waals surface area contributed by atoms with Crippen molar-refractivity contribution in [3.05, 3.63) is 59.4 Å². The molecular formula is C15H16FN3O. The number of carbonyl (C=O) groups excluding carboxylic acids is 1. The molecule has 0 saturated carbocycles. The summed E-state index contributed by atoms with van der Waals surface area (Å²) in [5, 5.41) is 3.07. The Bertz CT molecular complexity index is 643. The average Bonchev–Trinajstić information content (AvgIpc) is 2.38. The molecule has 0 radical (unpaired) electrons. The lowest BCUT2D eigenvalue weighted by Crippen LogP contribution is -2.16. The molecule has 2 rings (SSSR count). The summed E-state index contributed by atoms with van der Waals surface area (Å²) in [5.41, 5.74) is 12.8. The molecule has 1 amide bonds. The number of rotatable bonds is 4. The Morgan fingerprint density at radius 3 is 2.60 bits per heavy atom. The van der Waals surface area contributed by atoms with Crippen molar-refractivity contribution in [1.29, 1.82) is 0 Å². The summed E-state index contributed by atoms with van der Waals surface area (Å²) >= 11 is 0. The van der Waals surface area contributed by atoms with Gasteiger partial charge in [0.05, 0.1) is 11.6 Å². The Morgan fingerprint density at radius 2 is 1.95 bits per heavy atom. The SMILES string of the molecule is CC(Nc1cc(N)ccc1C(N)=O)c1ccccc1F. The zero-order valence-corrected chi connectivity index (χ0v) is 11.1. The third kappa shape index (κ3) is 2.88. The Hall–Kier alpha value is -2.56. The number of carbonyl (C=O) groups is 1. The van der Waals surface area contributed by atoms with Crippen LogP contribution in [-0.2, 0) is 0 Å². The topological polar surface area (TPSA) is 81.1 Å². The number of nitrogen functional groups attached to an aromatic ring is 1. The fourth-order valence-corrected chi connectivity index (χ4v) is 2.03. The molecule has 0 bridgehead atoms. The van der Waals surface area contributed by atoms with Crippen molar-refractivity contribution in [2.24, 2.45) is 5.73 Å². The zero-order valence-electron chi connectivity index (χ0n) is 11.1. The first-order valence-corrected chi connectivity index (χ1v) is 6.19. The smallest absolute Gasteiger partial charge is 0.250 e. The van der Waals surface area contributed by atoms with Crippen LogP contribution in [-0.4, -0.2) is 5.91 Å². The second-order valence-electron chi connectivity index (χ2n) is 4.56. The number of hydrogen-bond donors (Lipinski definition) is 3. The van der Waals surface area contributed by atoms with Crippen LogP contribution in [0.15, 0.2) is 42.5 Å². The number of anilines is 2. The maximum atomic E-state index is 13.7. The van der Waals surface area contributed by atoms with Gasteiger partial charge in [-0.15, -0.1) is 0 Å². The third-order valence-electron chi connectivity index (χ3n) is 3.05. The van der Waals surface area contributed by atoms with E-state index in [1.807, 2.05) is 0 Å². The molecule has 0 fully saturated rings. The average molecular weight is 273 g/mol. The number of nitrogens with two attached hydrogens (primary N) is 2. The van der Waals surface area contributed by atoms with Crippen molar-refractivity contribution in [1.82, 2.24) is 0 Å². The van der Waals surface area contributed by atoms with Gasteiger partial charge in [-0.2, -0.15) is 0 Å². The van der Waals surface area contributed by atoms with Gasteiger partial charge in [-0.05, 0) is 31.2 Å². The molecule has 0 heterocycles. The van der Waals surface area contributed by atoms with E-state index in [0.717, 1.165) is 0 Å². The quantitative estimate of drug-likeness (QED) is 0.749. The van der Waals surface area contributed by atoms with Crippen LogP contribution in [0.25, 0.3) is 0 Å². The van der Waals surface area contributed by atoms with Gasteiger partial charge in [0.1, 0.15) is 5.82 Å². The molecule has 2 aromatic rings. The molecule has 5 N–H and O–H groups in total. The van der Waals surface area contributed by atoms with Crippen molar-refractivity contribution < 1.29 is 9.18 Å². The summed E-state index contributed by atoms with van der Waals surface area (Å²) in [4.78, 5) is 11.4. The molecule has 0 aliphatic heterocycles. The lowest BCUT2D eigenvalue weighted by atomic mass is 10.1. The lowest BCUT2D eigenvalue weighted by Gasteiger charge is -2.18. The summed E-state index contributed by atoms with van der Waals surface area (Å²) in [6, 6.07) is 10.9. The molecule has 2 aromatic carbocycles. The van der Waals surface area contributed by atoms with Crippen molar-refractivity contribution >= 4 is 17.3 Å². The van der Waals surface area contributed by atoms with Crippen molar-refractivity contribution in [3.63, 3.8) is 0 Å². The molecule has 104 valence electrons. The molecule has 0 aromatic heterocycles. The molecule has 4 nitrogen and oxygen atoms in total. The molecule has 0 saturated heterocycles. The number of nitrogens with one attached hydrogen (secondary N) is 1. The molecule has 5 heteroatoms. The predicted octanol–water partition coefficient (Wildman–Crippen LogP) is 2.68. The second-order valence-corrected chi connectivity index (χ2v) is 4.56. The van der Waals surface area contributed by atoms with Gasteiger partial charge in [-0.1, -0.05) is 18.2 Å². The molecule has 1 unspecified atom stereocenters. The van der Waals surface area contributed by atoms with Crippen LogP contribution in [0.3, 0.4) is 0 Å². The summed E-state index contributed by atoms with van der Waals surface area (Å²) in [6.45, 7) is 1.80. The minimum absolute atomic E-state index is 0.308. The van der Waals surface area contributed by atoms with E-state index in [9.17, 15) is 9.18 Å². The van der Waals surface area contributed by atoms with Crippen LogP contribution in [0.4, 0.5) is 15.8 Å². The van der Waals surface area contributed by atoms with Crippen LogP contribution >= 0.6 is 0 Å². The van der Waals surface area contributed by atoms with E-state index in [-0.39, 0.29) is 11.9 Å². The zero-order chi connectivity index (χ0) is 14.7. The van der Waals surface area contributed by atoms with Crippen molar-refractivity contribution in [2.45, 2.75) is 13.0 Å². The number of halogens is 1. The van der Waals surface area contributed by atoms with Crippen LogP contribution in [0.2, 0.25) is 0 Å². The highest BCUT2D eigenvalue weighted by Gasteiger charge is 2.14. The highest BCUT2D eigenvalue weighted by atomic mass is 19.1. The maximum absolute atomic E-state index is 13.7. The van der Waals surface area contributed by atoms with Crippen molar-refractivity contribution in [2.75, 3.05) is 11.1 Å². The van der Waals surface area contributed by atoms with E-state index in [4.69, 9.17) is 11.5 Å². The molecule has 1 atom stereocenters. The van der Waals surface area contributed by atoms with Gasteiger partial charge in [-0.3, -0.25) is 4.79 Å². The Kier molecular flexibility index (Phi) is 3.89.